The second kappa shape index (κ2) is 14.8. The maximum absolute atomic E-state index is 13.8. The minimum Gasteiger partial charge on any atom is -0.437 e. The Hall–Kier alpha value is -5.97. The van der Waals surface area contributed by atoms with Crippen molar-refractivity contribution in [2.45, 2.75) is 39.0 Å². The first kappa shape index (κ1) is 36.4. The van der Waals surface area contributed by atoms with Gasteiger partial charge in [-0.3, -0.25) is 9.69 Å². The number of amides is 1. The summed E-state index contributed by atoms with van der Waals surface area (Å²) in [6.45, 7) is 5.33. The standard InChI is InChI=1S/C37H31F6N7O4/c1-2-13-50-30-19-28(52-32-21-44-29(20-45-32)34-46-33(47-54-34)24-5-8-26(9-6-24)36(38,39)40)12-7-25(30)18-31(50)35(51)49-16-14-48(15-17-49)22-23-3-10-27(11-4-23)53-37(41,42)43/h3-12,18-21H,2,13-17,22H2,1H3. The summed E-state index contributed by atoms with van der Waals surface area (Å²) in [6, 6.07) is 17.5. The lowest BCUT2D eigenvalue weighted by Gasteiger charge is -2.35. The highest BCUT2D eigenvalue weighted by molar-refractivity contribution is 5.99. The lowest BCUT2D eigenvalue weighted by molar-refractivity contribution is -0.274. The van der Waals surface area contributed by atoms with E-state index in [4.69, 9.17) is 9.26 Å². The van der Waals surface area contributed by atoms with Crippen LogP contribution >= 0.6 is 0 Å². The molecule has 0 aliphatic carbocycles. The van der Waals surface area contributed by atoms with Crippen LogP contribution in [0.4, 0.5) is 26.3 Å². The van der Waals surface area contributed by atoms with Crippen molar-refractivity contribution in [3.05, 3.63) is 102 Å². The van der Waals surface area contributed by atoms with Crippen LogP contribution in [0.15, 0.2) is 89.7 Å². The molecule has 54 heavy (non-hydrogen) atoms. The van der Waals surface area contributed by atoms with Crippen molar-refractivity contribution >= 4 is 16.8 Å². The number of fused-ring (bicyclic) bond motifs is 1. The van der Waals surface area contributed by atoms with Gasteiger partial charge in [0.25, 0.3) is 11.8 Å². The summed E-state index contributed by atoms with van der Waals surface area (Å²) in [5.74, 6) is 0.387. The van der Waals surface area contributed by atoms with Gasteiger partial charge in [0.1, 0.15) is 22.9 Å². The molecule has 17 heteroatoms. The summed E-state index contributed by atoms with van der Waals surface area (Å²) >= 11 is 0. The van der Waals surface area contributed by atoms with Crippen molar-refractivity contribution in [2.75, 3.05) is 26.2 Å². The van der Waals surface area contributed by atoms with Crippen molar-refractivity contribution in [1.29, 1.82) is 0 Å². The molecular weight excluding hydrogens is 720 g/mol. The second-order valence-electron chi connectivity index (χ2n) is 12.5. The van der Waals surface area contributed by atoms with Crippen molar-refractivity contribution in [2.24, 2.45) is 0 Å². The molecular formula is C37H31F6N7O4. The average Bonchev–Trinajstić information content (AvgIpc) is 3.78. The molecule has 6 aromatic rings. The molecule has 11 nitrogen and oxygen atoms in total. The number of carbonyl (C=O) groups excluding carboxylic acids is 1. The Morgan fingerprint density at radius 3 is 2.22 bits per heavy atom. The highest BCUT2D eigenvalue weighted by Gasteiger charge is 2.32. The Labute approximate surface area is 303 Å². The second-order valence-corrected chi connectivity index (χ2v) is 12.5. The maximum atomic E-state index is 13.8. The summed E-state index contributed by atoms with van der Waals surface area (Å²) in [4.78, 5) is 30.6. The van der Waals surface area contributed by atoms with Gasteiger partial charge in [-0.15, -0.1) is 13.2 Å². The van der Waals surface area contributed by atoms with Crippen molar-refractivity contribution in [1.82, 2.24) is 34.5 Å². The number of nitrogens with zero attached hydrogens (tertiary/aromatic N) is 7. The fourth-order valence-electron chi connectivity index (χ4n) is 6.12. The third-order valence-electron chi connectivity index (χ3n) is 8.73. The number of ether oxygens (including phenoxy) is 2. The van der Waals surface area contributed by atoms with Crippen LogP contribution in [0, 0.1) is 0 Å². The summed E-state index contributed by atoms with van der Waals surface area (Å²) < 4.78 is 93.4. The monoisotopic (exact) mass is 751 g/mol. The van der Waals surface area contributed by atoms with Crippen molar-refractivity contribution in [3.8, 4) is 40.4 Å². The van der Waals surface area contributed by atoms with Crippen LogP contribution in [0.1, 0.15) is 35.0 Å². The van der Waals surface area contributed by atoms with Gasteiger partial charge in [-0.25, -0.2) is 9.97 Å². The SMILES string of the molecule is CCCn1c(C(=O)N2CCN(Cc3ccc(OC(F)(F)F)cc3)CC2)cc2ccc(Oc3cnc(-c4nc(-c5ccc(C(F)(F)F)cc5)no4)cn3)cc21. The first-order valence-corrected chi connectivity index (χ1v) is 16.8. The molecule has 0 N–H and O–H groups in total. The highest BCUT2D eigenvalue weighted by Crippen LogP contribution is 2.32. The first-order chi connectivity index (χ1) is 25.8. The fraction of sp³-hybridized carbons (Fsp3) is 0.270. The summed E-state index contributed by atoms with van der Waals surface area (Å²) in [5.41, 5.74) is 1.98. The van der Waals surface area contributed by atoms with Crippen LogP contribution in [0.3, 0.4) is 0 Å². The number of aromatic nitrogens is 5. The third kappa shape index (κ3) is 8.30. The molecule has 1 saturated heterocycles. The van der Waals surface area contributed by atoms with Crippen LogP contribution in [-0.2, 0) is 19.3 Å². The molecule has 1 amide bonds. The van der Waals surface area contributed by atoms with Gasteiger partial charge in [-0.05, 0) is 54.4 Å². The number of halogens is 6. The normalized spacial score (nSPS) is 14.1. The zero-order valence-electron chi connectivity index (χ0n) is 28.6. The molecule has 0 unspecified atom stereocenters. The van der Waals surface area contributed by atoms with E-state index in [0.717, 1.165) is 35.0 Å². The molecule has 7 rings (SSSR count). The van der Waals surface area contributed by atoms with Crippen molar-refractivity contribution in [3.63, 3.8) is 0 Å². The van der Waals surface area contributed by atoms with E-state index in [9.17, 15) is 31.1 Å². The van der Waals surface area contributed by atoms with E-state index in [1.807, 2.05) is 34.6 Å². The first-order valence-electron chi connectivity index (χ1n) is 16.8. The molecule has 1 aliphatic heterocycles. The quantitative estimate of drug-likeness (QED) is 0.128. The Morgan fingerprint density at radius 2 is 1.57 bits per heavy atom. The molecule has 4 heterocycles. The minimum atomic E-state index is -4.74. The number of rotatable bonds is 10. The number of alkyl halides is 6. The predicted molar refractivity (Wildman–Crippen MR) is 182 cm³/mol. The number of hydrogen-bond acceptors (Lipinski definition) is 9. The molecule has 0 saturated carbocycles. The summed E-state index contributed by atoms with van der Waals surface area (Å²) in [5, 5.41) is 4.70. The van der Waals surface area contributed by atoms with Gasteiger partial charge in [-0.1, -0.05) is 36.3 Å². The maximum Gasteiger partial charge on any atom is 0.573 e. The molecule has 0 atom stereocenters. The Kier molecular flexibility index (Phi) is 9.98. The van der Waals surface area contributed by atoms with Crippen LogP contribution < -0.4 is 9.47 Å². The molecule has 1 fully saturated rings. The Morgan fingerprint density at radius 1 is 0.852 bits per heavy atom. The van der Waals surface area contributed by atoms with Crippen LogP contribution in [0.5, 0.6) is 17.4 Å². The zero-order chi connectivity index (χ0) is 38.0. The van der Waals surface area contributed by atoms with Gasteiger partial charge in [-0.2, -0.15) is 18.2 Å². The van der Waals surface area contributed by atoms with E-state index in [0.29, 0.717) is 56.3 Å². The van der Waals surface area contributed by atoms with E-state index < -0.39 is 18.1 Å². The highest BCUT2D eigenvalue weighted by atomic mass is 19.4. The van der Waals surface area contributed by atoms with Gasteiger partial charge in [0.2, 0.25) is 11.7 Å². The van der Waals surface area contributed by atoms with Gasteiger partial charge < -0.3 is 23.5 Å². The Bertz CT molecular complexity index is 2230. The number of piperazine rings is 1. The molecule has 0 spiro atoms. The predicted octanol–water partition coefficient (Wildman–Crippen LogP) is 8.23. The summed E-state index contributed by atoms with van der Waals surface area (Å²) in [6.07, 6.45) is -5.68. The van der Waals surface area contributed by atoms with Gasteiger partial charge in [0.15, 0.2) is 0 Å². The average molecular weight is 752 g/mol. The molecule has 1 aliphatic rings. The van der Waals surface area contributed by atoms with E-state index >= 15 is 0 Å². The van der Waals surface area contributed by atoms with Gasteiger partial charge in [0.05, 0.1) is 23.5 Å². The summed E-state index contributed by atoms with van der Waals surface area (Å²) in [7, 11) is 0. The smallest absolute Gasteiger partial charge is 0.437 e. The van der Waals surface area contributed by atoms with Crippen LogP contribution in [-0.4, -0.2) is 72.9 Å². The molecule has 0 radical (unpaired) electrons. The van der Waals surface area contributed by atoms with Crippen molar-refractivity contribution < 1.29 is 45.1 Å². The fourth-order valence-corrected chi connectivity index (χ4v) is 6.12. The largest absolute Gasteiger partial charge is 0.573 e. The minimum absolute atomic E-state index is 0.0227. The number of aryl methyl sites for hydroxylation is 1. The van der Waals surface area contributed by atoms with Gasteiger partial charge in [0, 0.05) is 56.3 Å². The molecule has 3 aromatic heterocycles. The topological polar surface area (TPSA) is 112 Å². The Balaban J connectivity index is 0.990. The number of benzene rings is 3. The van der Waals surface area contributed by atoms with Crippen LogP contribution in [0.25, 0.3) is 33.9 Å². The lowest BCUT2D eigenvalue weighted by atomic mass is 10.1. The number of hydrogen-bond donors (Lipinski definition) is 0. The molecule has 0 bridgehead atoms. The van der Waals surface area contributed by atoms with Gasteiger partial charge >= 0.3 is 12.5 Å². The zero-order valence-corrected chi connectivity index (χ0v) is 28.6. The number of carbonyl (C=O) groups is 1. The van der Waals surface area contributed by atoms with Crippen LogP contribution in [0.2, 0.25) is 0 Å². The lowest BCUT2D eigenvalue weighted by Crippen LogP contribution is -2.48. The third-order valence-corrected chi connectivity index (χ3v) is 8.73. The van der Waals surface area contributed by atoms with E-state index in [-0.39, 0.29) is 34.9 Å². The molecule has 280 valence electrons. The van der Waals surface area contributed by atoms with E-state index in [1.165, 1.54) is 36.7 Å². The van der Waals surface area contributed by atoms with E-state index in [1.54, 1.807) is 18.2 Å². The molecule has 3 aromatic carbocycles. The van der Waals surface area contributed by atoms with E-state index in [2.05, 4.69) is 29.7 Å².